The van der Waals surface area contributed by atoms with E-state index in [1.165, 1.54) is 11.1 Å². The molecule has 1 saturated heterocycles. The lowest BCUT2D eigenvalue weighted by molar-refractivity contribution is -0.151. The highest BCUT2D eigenvalue weighted by Crippen LogP contribution is 2.33. The summed E-state index contributed by atoms with van der Waals surface area (Å²) >= 11 is 0. The van der Waals surface area contributed by atoms with Crippen molar-refractivity contribution in [3.63, 3.8) is 0 Å². The van der Waals surface area contributed by atoms with Gasteiger partial charge in [0.05, 0.1) is 18.1 Å². The molecule has 0 radical (unpaired) electrons. The third-order valence-corrected chi connectivity index (χ3v) is 4.50. The number of benzene rings is 2. The molecule has 0 bridgehead atoms. The van der Waals surface area contributed by atoms with Crippen molar-refractivity contribution in [2.24, 2.45) is 5.92 Å². The first-order valence-corrected chi connectivity index (χ1v) is 8.69. The fraction of sp³-hybridized carbons (Fsp3) is 0.381. The summed E-state index contributed by atoms with van der Waals surface area (Å²) in [7, 11) is 0. The predicted molar refractivity (Wildman–Crippen MR) is 95.6 cm³/mol. The number of hydrogen-bond acceptors (Lipinski definition) is 3. The first-order valence-electron chi connectivity index (χ1n) is 8.69. The molecule has 1 heterocycles. The molecule has 0 aromatic heterocycles. The Balaban J connectivity index is 1.82. The Morgan fingerprint density at radius 1 is 1.00 bits per heavy atom. The lowest BCUT2D eigenvalue weighted by Crippen LogP contribution is -2.30. The molecule has 126 valence electrons. The van der Waals surface area contributed by atoms with Gasteiger partial charge in [-0.05, 0) is 37.9 Å². The van der Waals surface area contributed by atoms with Crippen LogP contribution in [0.15, 0.2) is 60.7 Å². The molecular weight excluding hydrogens is 298 g/mol. The fourth-order valence-electron chi connectivity index (χ4n) is 3.43. The molecule has 3 heteroatoms. The average Bonchev–Trinajstić information content (AvgIpc) is 3.06. The third kappa shape index (κ3) is 3.85. The summed E-state index contributed by atoms with van der Waals surface area (Å²) in [5.74, 6) is -0.0882. The number of ether oxygens (including phenoxy) is 1. The van der Waals surface area contributed by atoms with E-state index in [2.05, 4.69) is 53.4 Å². The highest BCUT2D eigenvalue weighted by molar-refractivity contribution is 5.73. The first-order chi connectivity index (χ1) is 11.6. The smallest absolute Gasteiger partial charge is 0.310 e. The summed E-state index contributed by atoms with van der Waals surface area (Å²) in [5, 5.41) is 0. The minimum absolute atomic E-state index is 0.0256. The van der Waals surface area contributed by atoms with E-state index in [0.717, 1.165) is 19.5 Å². The highest BCUT2D eigenvalue weighted by Gasteiger charge is 2.34. The molecule has 3 nitrogen and oxygen atoms in total. The van der Waals surface area contributed by atoms with Crippen LogP contribution in [-0.4, -0.2) is 30.1 Å². The van der Waals surface area contributed by atoms with E-state index >= 15 is 0 Å². The van der Waals surface area contributed by atoms with E-state index in [4.69, 9.17) is 4.74 Å². The zero-order chi connectivity index (χ0) is 16.9. The van der Waals surface area contributed by atoms with Gasteiger partial charge in [0.15, 0.2) is 0 Å². The van der Waals surface area contributed by atoms with Crippen LogP contribution in [0.25, 0.3) is 0 Å². The second-order valence-electron chi connectivity index (χ2n) is 6.69. The fourth-order valence-corrected chi connectivity index (χ4v) is 3.43. The average molecular weight is 323 g/mol. The lowest BCUT2D eigenvalue weighted by Gasteiger charge is -2.29. The van der Waals surface area contributed by atoms with Crippen LogP contribution in [0, 0.1) is 5.92 Å². The molecule has 2 aromatic rings. The SMILES string of the molecule is CC(C)OC(=O)C1CCN(C(c2ccccc2)c2ccccc2)C1. The van der Waals surface area contributed by atoms with E-state index in [1.54, 1.807) is 0 Å². The molecule has 24 heavy (non-hydrogen) atoms. The molecular formula is C21H25NO2. The minimum atomic E-state index is -0.0626. The summed E-state index contributed by atoms with van der Waals surface area (Å²) in [6.45, 7) is 5.47. The van der Waals surface area contributed by atoms with Crippen molar-refractivity contribution in [2.45, 2.75) is 32.4 Å². The van der Waals surface area contributed by atoms with Crippen LogP contribution in [0.2, 0.25) is 0 Å². The zero-order valence-corrected chi connectivity index (χ0v) is 14.4. The maximum atomic E-state index is 12.2. The molecule has 3 rings (SSSR count). The largest absolute Gasteiger partial charge is 0.463 e. The summed E-state index contributed by atoms with van der Waals surface area (Å²) < 4.78 is 5.41. The maximum absolute atomic E-state index is 12.2. The quantitative estimate of drug-likeness (QED) is 0.778. The number of hydrogen-bond donors (Lipinski definition) is 0. The van der Waals surface area contributed by atoms with Gasteiger partial charge in [-0.3, -0.25) is 9.69 Å². The number of esters is 1. The van der Waals surface area contributed by atoms with Crippen LogP contribution < -0.4 is 0 Å². The second-order valence-corrected chi connectivity index (χ2v) is 6.69. The van der Waals surface area contributed by atoms with Gasteiger partial charge in [-0.2, -0.15) is 0 Å². The highest BCUT2D eigenvalue weighted by atomic mass is 16.5. The Hall–Kier alpha value is -2.13. The van der Waals surface area contributed by atoms with E-state index in [0.29, 0.717) is 0 Å². The van der Waals surface area contributed by atoms with Gasteiger partial charge < -0.3 is 4.74 Å². The van der Waals surface area contributed by atoms with E-state index in [9.17, 15) is 4.79 Å². The minimum Gasteiger partial charge on any atom is -0.463 e. The van der Waals surface area contributed by atoms with Crippen molar-refractivity contribution in [1.29, 1.82) is 0 Å². The van der Waals surface area contributed by atoms with Crippen molar-refractivity contribution >= 4 is 5.97 Å². The number of nitrogens with zero attached hydrogens (tertiary/aromatic N) is 1. The van der Waals surface area contributed by atoms with Crippen molar-refractivity contribution < 1.29 is 9.53 Å². The molecule has 0 aliphatic carbocycles. The normalized spacial score (nSPS) is 18.2. The second kappa shape index (κ2) is 7.63. The number of likely N-dealkylation sites (tertiary alicyclic amines) is 1. The Labute approximate surface area is 144 Å². The molecule has 0 amide bonds. The predicted octanol–water partition coefficient (Wildman–Crippen LogP) is 4.05. The molecule has 1 unspecified atom stereocenters. The van der Waals surface area contributed by atoms with Gasteiger partial charge in [0, 0.05) is 6.54 Å². The van der Waals surface area contributed by atoms with Gasteiger partial charge >= 0.3 is 5.97 Å². The Morgan fingerprint density at radius 2 is 1.54 bits per heavy atom. The van der Waals surface area contributed by atoms with E-state index in [1.807, 2.05) is 26.0 Å². The van der Waals surface area contributed by atoms with Crippen LogP contribution in [0.1, 0.15) is 37.4 Å². The molecule has 2 aromatic carbocycles. The number of rotatable bonds is 5. The van der Waals surface area contributed by atoms with Crippen molar-refractivity contribution in [1.82, 2.24) is 4.90 Å². The van der Waals surface area contributed by atoms with Gasteiger partial charge in [0.1, 0.15) is 0 Å². The van der Waals surface area contributed by atoms with Gasteiger partial charge in [-0.25, -0.2) is 0 Å². The number of carbonyl (C=O) groups is 1. The van der Waals surface area contributed by atoms with Crippen molar-refractivity contribution in [3.05, 3.63) is 71.8 Å². The molecule has 0 saturated carbocycles. The molecule has 1 atom stereocenters. The monoisotopic (exact) mass is 323 g/mol. The van der Waals surface area contributed by atoms with Crippen LogP contribution in [0.4, 0.5) is 0 Å². The van der Waals surface area contributed by atoms with Crippen LogP contribution in [0.3, 0.4) is 0 Å². The molecule has 1 fully saturated rings. The van der Waals surface area contributed by atoms with E-state index < -0.39 is 0 Å². The molecule has 0 N–H and O–H groups in total. The Kier molecular flexibility index (Phi) is 5.31. The van der Waals surface area contributed by atoms with Crippen molar-refractivity contribution in [2.75, 3.05) is 13.1 Å². The lowest BCUT2D eigenvalue weighted by atomic mass is 9.97. The topological polar surface area (TPSA) is 29.5 Å². The first kappa shape index (κ1) is 16.7. The molecule has 1 aliphatic rings. The van der Waals surface area contributed by atoms with E-state index in [-0.39, 0.29) is 24.0 Å². The summed E-state index contributed by atoms with van der Waals surface area (Å²) in [5.41, 5.74) is 2.53. The van der Waals surface area contributed by atoms with Gasteiger partial charge in [-0.15, -0.1) is 0 Å². The Bertz CT molecular complexity index is 615. The summed E-state index contributed by atoms with van der Waals surface area (Å²) in [4.78, 5) is 14.6. The van der Waals surface area contributed by atoms with Crippen molar-refractivity contribution in [3.8, 4) is 0 Å². The van der Waals surface area contributed by atoms with Crippen LogP contribution in [-0.2, 0) is 9.53 Å². The summed E-state index contributed by atoms with van der Waals surface area (Å²) in [6.07, 6.45) is 0.812. The zero-order valence-electron chi connectivity index (χ0n) is 14.4. The third-order valence-electron chi connectivity index (χ3n) is 4.50. The number of carbonyl (C=O) groups excluding carboxylic acids is 1. The molecule has 0 spiro atoms. The van der Waals surface area contributed by atoms with Gasteiger partial charge in [0.2, 0.25) is 0 Å². The Morgan fingerprint density at radius 3 is 2.04 bits per heavy atom. The van der Waals surface area contributed by atoms with Gasteiger partial charge in [0.25, 0.3) is 0 Å². The van der Waals surface area contributed by atoms with Gasteiger partial charge in [-0.1, -0.05) is 60.7 Å². The van der Waals surface area contributed by atoms with Crippen LogP contribution in [0.5, 0.6) is 0 Å². The molecule has 1 aliphatic heterocycles. The standard InChI is InChI=1S/C21H25NO2/c1-16(2)24-21(23)19-13-14-22(15-19)20(17-9-5-3-6-10-17)18-11-7-4-8-12-18/h3-12,16,19-20H,13-15H2,1-2H3. The maximum Gasteiger partial charge on any atom is 0.310 e. The van der Waals surface area contributed by atoms with Crippen LogP contribution >= 0.6 is 0 Å². The summed E-state index contributed by atoms with van der Waals surface area (Å²) in [6, 6.07) is 21.2.